The lowest BCUT2D eigenvalue weighted by molar-refractivity contribution is -0.655. The van der Waals surface area contributed by atoms with Gasteiger partial charge in [-0.05, 0) is 12.8 Å². The van der Waals surface area contributed by atoms with E-state index in [4.69, 9.17) is 25.5 Å². The number of aliphatic hydroxyl groups is 5. The Hall–Kier alpha value is -0.770. The van der Waals surface area contributed by atoms with E-state index < -0.39 is 37.0 Å². The van der Waals surface area contributed by atoms with Gasteiger partial charge in [-0.3, -0.25) is 0 Å². The Labute approximate surface area is 131 Å². The lowest BCUT2D eigenvalue weighted by Gasteiger charge is -2.25. The summed E-state index contributed by atoms with van der Waals surface area (Å²) in [6, 6.07) is 0. The molecule has 0 aliphatic heterocycles. The van der Waals surface area contributed by atoms with Gasteiger partial charge in [0.05, 0.1) is 25.7 Å². The molecule has 0 radical (unpaired) electrons. The van der Waals surface area contributed by atoms with Gasteiger partial charge in [0.15, 0.2) is 0 Å². The Balaban J connectivity index is 0. The number of carbonyl (C=O) groups is 1. The van der Waals surface area contributed by atoms with Gasteiger partial charge >= 0.3 is 0 Å². The molecule has 0 saturated heterocycles. The van der Waals surface area contributed by atoms with Gasteiger partial charge in [-0.1, -0.05) is 26.7 Å². The minimum absolute atomic E-state index is 0.863. The zero-order chi connectivity index (χ0) is 17.5. The highest BCUT2D eigenvalue weighted by Gasteiger charge is 2.30. The van der Waals surface area contributed by atoms with Crippen LogP contribution in [-0.4, -0.2) is 75.6 Å². The second kappa shape index (κ2) is 15.1. The minimum Gasteiger partial charge on any atom is -0.547 e. The molecule has 0 fully saturated rings. The summed E-state index contributed by atoms with van der Waals surface area (Å²) >= 11 is 0. The first-order valence-corrected chi connectivity index (χ1v) is 7.68. The van der Waals surface area contributed by atoms with Crippen LogP contribution in [0.4, 0.5) is 0 Å². The van der Waals surface area contributed by atoms with Crippen LogP contribution in [0.25, 0.3) is 0 Å². The van der Waals surface area contributed by atoms with Crippen LogP contribution < -0.4 is 10.4 Å². The smallest absolute Gasteiger partial charge is 0.122 e. The van der Waals surface area contributed by atoms with Crippen molar-refractivity contribution in [3.63, 3.8) is 0 Å². The molecule has 22 heavy (non-hydrogen) atoms. The molecule has 8 nitrogen and oxygen atoms in total. The van der Waals surface area contributed by atoms with Crippen molar-refractivity contribution < 1.29 is 40.8 Å². The number of aliphatic carboxylic acids is 1. The summed E-state index contributed by atoms with van der Waals surface area (Å²) in [7, 11) is 0. The van der Waals surface area contributed by atoms with Crippen LogP contribution in [0, 0.1) is 0 Å². The minimum atomic E-state index is -2.31. The van der Waals surface area contributed by atoms with Gasteiger partial charge in [-0.2, -0.15) is 0 Å². The molecule has 0 aromatic heterocycles. The standard InChI is InChI=1S/C8H19N.C6H12O7/c1-3-5-7-9-8-6-4-2;7-1-2(8)3(9)4(10)5(11)6(12)13/h9H,3-8H2,1-2H3;2-5,7-11H,1H2,(H,12,13)/t;2-,3+,4+,5-/m.1/s1. The number of carbonyl (C=O) groups excluding carboxylic acids is 1. The fraction of sp³-hybridized carbons (Fsp3) is 0.929. The average molecular weight is 325 g/mol. The Morgan fingerprint density at radius 3 is 1.77 bits per heavy atom. The third-order valence-corrected chi connectivity index (χ3v) is 3.02. The molecule has 7 N–H and O–H groups in total. The van der Waals surface area contributed by atoms with Crippen LogP contribution in [0.1, 0.15) is 39.5 Å². The summed E-state index contributed by atoms with van der Waals surface area (Å²) in [5.74, 6) is -1.98. The van der Waals surface area contributed by atoms with Crippen molar-refractivity contribution in [2.45, 2.75) is 63.9 Å². The summed E-state index contributed by atoms with van der Waals surface area (Å²) in [5.41, 5.74) is 0. The first kappa shape index (κ1) is 23.5. The van der Waals surface area contributed by atoms with Crippen molar-refractivity contribution in [1.82, 2.24) is 0 Å². The number of nitrogens with two attached hydrogens (primary N) is 1. The molecule has 0 heterocycles. The molecule has 0 aliphatic carbocycles. The van der Waals surface area contributed by atoms with Gasteiger partial charge in [0.25, 0.3) is 0 Å². The van der Waals surface area contributed by atoms with Crippen LogP contribution in [0.2, 0.25) is 0 Å². The van der Waals surface area contributed by atoms with E-state index >= 15 is 0 Å². The topological polar surface area (TPSA) is 158 Å². The van der Waals surface area contributed by atoms with Crippen molar-refractivity contribution in [2.75, 3.05) is 19.7 Å². The number of aliphatic hydroxyl groups excluding tert-OH is 5. The van der Waals surface area contributed by atoms with Crippen molar-refractivity contribution in [1.29, 1.82) is 0 Å². The molecule has 0 aromatic carbocycles. The van der Waals surface area contributed by atoms with Crippen LogP contribution in [0.3, 0.4) is 0 Å². The number of carboxylic acids is 1. The zero-order valence-corrected chi connectivity index (χ0v) is 13.4. The van der Waals surface area contributed by atoms with Crippen LogP contribution >= 0.6 is 0 Å². The quantitative estimate of drug-likeness (QED) is 0.213. The first-order chi connectivity index (χ1) is 10.3. The molecule has 0 aliphatic rings. The van der Waals surface area contributed by atoms with E-state index in [9.17, 15) is 9.90 Å². The molecule has 134 valence electrons. The molecular formula is C14H31NO7. The number of hydrogen-bond acceptors (Lipinski definition) is 7. The average Bonchev–Trinajstić information content (AvgIpc) is 2.52. The summed E-state index contributed by atoms with van der Waals surface area (Å²) in [4.78, 5) is 9.98. The van der Waals surface area contributed by atoms with Gasteiger partial charge in [-0.25, -0.2) is 0 Å². The number of rotatable bonds is 11. The fourth-order valence-corrected chi connectivity index (χ4v) is 1.50. The van der Waals surface area contributed by atoms with Crippen molar-refractivity contribution >= 4 is 5.97 Å². The Kier molecular flexibility index (Phi) is 16.2. The Bertz CT molecular complexity index is 260. The second-order valence-electron chi connectivity index (χ2n) is 5.07. The summed E-state index contributed by atoms with van der Waals surface area (Å²) in [6.07, 6.45) is -2.65. The molecule has 0 amide bonds. The van der Waals surface area contributed by atoms with Gasteiger partial charge in [0, 0.05) is 0 Å². The monoisotopic (exact) mass is 325 g/mol. The van der Waals surface area contributed by atoms with Gasteiger partial charge in [-0.15, -0.1) is 0 Å². The van der Waals surface area contributed by atoms with Gasteiger partial charge < -0.3 is 40.8 Å². The van der Waals surface area contributed by atoms with E-state index in [2.05, 4.69) is 19.2 Å². The van der Waals surface area contributed by atoms with Crippen LogP contribution in [0.5, 0.6) is 0 Å². The third kappa shape index (κ3) is 11.8. The molecule has 0 aromatic rings. The lowest BCUT2D eigenvalue weighted by atomic mass is 10.0. The summed E-state index contributed by atoms with van der Waals surface area (Å²) < 4.78 is 0. The molecular weight excluding hydrogens is 294 g/mol. The largest absolute Gasteiger partial charge is 0.547 e. The predicted molar refractivity (Wildman–Crippen MR) is 77.6 cm³/mol. The highest BCUT2D eigenvalue weighted by atomic mass is 16.4. The molecule has 0 unspecified atom stereocenters. The van der Waals surface area contributed by atoms with Crippen molar-refractivity contribution in [2.24, 2.45) is 0 Å². The fourth-order valence-electron chi connectivity index (χ4n) is 1.50. The highest BCUT2D eigenvalue weighted by Crippen LogP contribution is 2.04. The van der Waals surface area contributed by atoms with E-state index in [1.807, 2.05) is 0 Å². The second-order valence-corrected chi connectivity index (χ2v) is 5.07. The SMILES string of the molecule is CCCC[NH2+]CCCC.O=C([O-])[C@H](O)[C@@H](O)[C@@H](O)[C@H](O)CO. The van der Waals surface area contributed by atoms with E-state index in [0.29, 0.717) is 0 Å². The number of carboxylic acid groups (broad SMARTS) is 1. The summed E-state index contributed by atoms with van der Waals surface area (Å²) in [5, 5.41) is 55.9. The molecule has 4 atom stereocenters. The Morgan fingerprint density at radius 1 is 1.00 bits per heavy atom. The molecule has 0 rings (SSSR count). The van der Waals surface area contributed by atoms with Crippen LogP contribution in [0.15, 0.2) is 0 Å². The maximum Gasteiger partial charge on any atom is 0.122 e. The highest BCUT2D eigenvalue weighted by molar-refractivity contribution is 5.70. The normalized spacial score (nSPS) is 16.1. The third-order valence-electron chi connectivity index (χ3n) is 3.02. The lowest BCUT2D eigenvalue weighted by Crippen LogP contribution is -2.84. The van der Waals surface area contributed by atoms with E-state index in [1.54, 1.807) is 0 Å². The maximum absolute atomic E-state index is 9.98. The van der Waals surface area contributed by atoms with Crippen LogP contribution in [-0.2, 0) is 4.79 Å². The number of quaternary nitrogens is 1. The van der Waals surface area contributed by atoms with E-state index in [-0.39, 0.29) is 0 Å². The zero-order valence-electron chi connectivity index (χ0n) is 13.4. The molecule has 0 saturated carbocycles. The first-order valence-electron chi connectivity index (χ1n) is 7.68. The van der Waals surface area contributed by atoms with Gasteiger partial charge in [0.2, 0.25) is 0 Å². The Morgan fingerprint density at radius 2 is 1.45 bits per heavy atom. The predicted octanol–water partition coefficient (Wildman–Crippen LogP) is -3.68. The van der Waals surface area contributed by atoms with Crippen molar-refractivity contribution in [3.05, 3.63) is 0 Å². The molecule has 0 bridgehead atoms. The molecule has 0 spiro atoms. The van der Waals surface area contributed by atoms with Crippen molar-refractivity contribution in [3.8, 4) is 0 Å². The number of hydrogen-bond donors (Lipinski definition) is 6. The molecule has 8 heteroatoms. The van der Waals surface area contributed by atoms with E-state index in [1.165, 1.54) is 38.8 Å². The summed E-state index contributed by atoms with van der Waals surface area (Å²) in [6.45, 7) is 6.28. The van der Waals surface area contributed by atoms with E-state index in [0.717, 1.165) is 0 Å². The number of unbranched alkanes of at least 4 members (excludes halogenated alkanes) is 2. The van der Waals surface area contributed by atoms with Gasteiger partial charge in [0.1, 0.15) is 24.4 Å². The maximum atomic E-state index is 9.98.